The molecule has 0 bridgehead atoms. The topological polar surface area (TPSA) is 63.6 Å². The summed E-state index contributed by atoms with van der Waals surface area (Å²) in [5.41, 5.74) is 3.18. The van der Waals surface area contributed by atoms with Crippen molar-refractivity contribution in [1.29, 1.82) is 0 Å². The first-order valence-electron chi connectivity index (χ1n) is 9.38. The summed E-state index contributed by atoms with van der Waals surface area (Å²) in [7, 11) is 0. The highest BCUT2D eigenvalue weighted by atomic mass is 19.1. The van der Waals surface area contributed by atoms with Crippen LogP contribution >= 0.6 is 0 Å². The van der Waals surface area contributed by atoms with Gasteiger partial charge < -0.3 is 10.2 Å². The Hall–Kier alpha value is -3.54. The second-order valence-corrected chi connectivity index (χ2v) is 6.94. The van der Waals surface area contributed by atoms with E-state index in [-0.39, 0.29) is 23.7 Å². The molecule has 4 rings (SSSR count). The first-order chi connectivity index (χ1) is 14.1. The minimum atomic E-state index is -0.766. The molecule has 6 heteroatoms. The number of carbonyl (C=O) groups excluding carboxylic acids is 1. The van der Waals surface area contributed by atoms with Crippen LogP contribution in [0, 0.1) is 11.7 Å². The predicted molar refractivity (Wildman–Crippen MR) is 108 cm³/mol. The van der Waals surface area contributed by atoms with Crippen molar-refractivity contribution in [3.8, 4) is 0 Å². The minimum absolute atomic E-state index is 0.268. The first-order valence-corrected chi connectivity index (χ1v) is 9.38. The van der Waals surface area contributed by atoms with Gasteiger partial charge in [-0.15, -0.1) is 0 Å². The Morgan fingerprint density at radius 2 is 1.76 bits per heavy atom. The fraction of sp³-hybridized carbons (Fsp3) is 0.174. The van der Waals surface area contributed by atoms with Crippen molar-refractivity contribution in [1.82, 2.24) is 10.3 Å². The van der Waals surface area contributed by atoms with Crippen LogP contribution in [0.5, 0.6) is 0 Å². The molecule has 29 heavy (non-hydrogen) atoms. The predicted octanol–water partition coefficient (Wildman–Crippen LogP) is 3.87. The van der Waals surface area contributed by atoms with Gasteiger partial charge in [0.15, 0.2) is 0 Å². The Balaban J connectivity index is 1.53. The largest absolute Gasteiger partial charge is 0.381 e. The number of amides is 1. The normalized spacial score (nSPS) is 19.2. The summed E-state index contributed by atoms with van der Waals surface area (Å²) in [4.78, 5) is 22.7. The standard InChI is InChI=1S/C23H20FN3O2/c1-15-20(17-9-11-19(24)12-10-17)27-29-22(15)23(28)26-21(16-6-3-2-4-7-16)18-8-5-13-25-14-18/h2-15,21-22H,1H3,(H,26,28)/t15-,21-,22-/m1/s1. The van der Waals surface area contributed by atoms with Crippen molar-refractivity contribution in [2.45, 2.75) is 19.1 Å². The van der Waals surface area contributed by atoms with E-state index in [0.29, 0.717) is 5.71 Å². The van der Waals surface area contributed by atoms with Crippen molar-refractivity contribution in [3.63, 3.8) is 0 Å². The van der Waals surface area contributed by atoms with E-state index in [1.165, 1.54) is 12.1 Å². The molecule has 2 aromatic carbocycles. The molecule has 1 aliphatic heterocycles. The summed E-state index contributed by atoms with van der Waals surface area (Å²) in [5, 5.41) is 7.16. The highest BCUT2D eigenvalue weighted by Crippen LogP contribution is 2.26. The molecule has 0 radical (unpaired) electrons. The molecule has 146 valence electrons. The summed E-state index contributed by atoms with van der Waals surface area (Å²) in [6.45, 7) is 1.88. The monoisotopic (exact) mass is 389 g/mol. The third-order valence-electron chi connectivity index (χ3n) is 4.99. The van der Waals surface area contributed by atoms with Gasteiger partial charge in [-0.3, -0.25) is 9.78 Å². The number of hydrogen-bond acceptors (Lipinski definition) is 4. The van der Waals surface area contributed by atoms with Gasteiger partial charge in [-0.2, -0.15) is 0 Å². The van der Waals surface area contributed by atoms with Gasteiger partial charge >= 0.3 is 0 Å². The number of carbonyl (C=O) groups is 1. The number of hydrogen-bond donors (Lipinski definition) is 1. The SMILES string of the molecule is C[C@@H]1C(c2ccc(F)cc2)=NO[C@H]1C(=O)N[C@H](c1ccccc1)c1cccnc1. The molecule has 1 amide bonds. The Bertz CT molecular complexity index is 968. The molecule has 1 N–H and O–H groups in total. The zero-order chi connectivity index (χ0) is 20.2. The molecule has 0 saturated heterocycles. The van der Waals surface area contributed by atoms with Crippen LogP contribution in [0.1, 0.15) is 29.7 Å². The first kappa shape index (κ1) is 18.8. The lowest BCUT2D eigenvalue weighted by Gasteiger charge is -2.22. The van der Waals surface area contributed by atoms with E-state index in [9.17, 15) is 9.18 Å². The maximum Gasteiger partial charge on any atom is 0.265 e. The van der Waals surface area contributed by atoms with E-state index in [2.05, 4.69) is 15.5 Å². The summed E-state index contributed by atoms with van der Waals surface area (Å²) in [5.74, 6) is -0.862. The van der Waals surface area contributed by atoms with E-state index in [4.69, 9.17) is 4.84 Å². The van der Waals surface area contributed by atoms with Crippen molar-refractivity contribution in [3.05, 3.63) is 102 Å². The van der Waals surface area contributed by atoms with Crippen LogP contribution in [-0.4, -0.2) is 22.7 Å². The molecule has 5 nitrogen and oxygen atoms in total. The third kappa shape index (κ3) is 4.01. The molecule has 0 saturated carbocycles. The molecule has 0 fully saturated rings. The highest BCUT2D eigenvalue weighted by molar-refractivity contribution is 6.05. The molecular formula is C23H20FN3O2. The lowest BCUT2D eigenvalue weighted by molar-refractivity contribution is -0.133. The lowest BCUT2D eigenvalue weighted by Crippen LogP contribution is -2.41. The molecule has 0 spiro atoms. The number of aromatic nitrogens is 1. The lowest BCUT2D eigenvalue weighted by atomic mass is 9.93. The number of nitrogens with zero attached hydrogens (tertiary/aromatic N) is 2. The van der Waals surface area contributed by atoms with Crippen LogP contribution < -0.4 is 5.32 Å². The zero-order valence-corrected chi connectivity index (χ0v) is 15.8. The van der Waals surface area contributed by atoms with Crippen LogP contribution in [0.2, 0.25) is 0 Å². The molecule has 3 atom stereocenters. The van der Waals surface area contributed by atoms with Gasteiger partial charge in [0, 0.05) is 12.4 Å². The van der Waals surface area contributed by atoms with Gasteiger partial charge in [-0.05, 0) is 34.9 Å². The van der Waals surface area contributed by atoms with Gasteiger partial charge in [0.1, 0.15) is 5.82 Å². The molecule has 3 aromatic rings. The van der Waals surface area contributed by atoms with E-state index in [0.717, 1.165) is 16.7 Å². The summed E-state index contributed by atoms with van der Waals surface area (Å²) < 4.78 is 13.2. The Kier molecular flexibility index (Phi) is 5.33. The van der Waals surface area contributed by atoms with Crippen molar-refractivity contribution >= 4 is 11.6 Å². The van der Waals surface area contributed by atoms with Crippen LogP contribution in [0.4, 0.5) is 4.39 Å². The van der Waals surface area contributed by atoms with Gasteiger partial charge in [0.2, 0.25) is 6.10 Å². The second-order valence-electron chi connectivity index (χ2n) is 6.94. The zero-order valence-electron chi connectivity index (χ0n) is 15.8. The van der Waals surface area contributed by atoms with Crippen LogP contribution in [0.3, 0.4) is 0 Å². The number of oxime groups is 1. The van der Waals surface area contributed by atoms with E-state index in [1.807, 2.05) is 49.4 Å². The number of benzene rings is 2. The number of pyridine rings is 1. The second kappa shape index (κ2) is 8.22. The number of nitrogens with one attached hydrogen (secondary N) is 1. The summed E-state index contributed by atoms with van der Waals surface area (Å²) in [6, 6.07) is 19.1. The summed E-state index contributed by atoms with van der Waals surface area (Å²) >= 11 is 0. The number of halogens is 1. The van der Waals surface area contributed by atoms with Crippen molar-refractivity contribution < 1.29 is 14.0 Å². The molecule has 0 unspecified atom stereocenters. The van der Waals surface area contributed by atoms with Crippen molar-refractivity contribution in [2.24, 2.45) is 11.1 Å². The fourth-order valence-electron chi connectivity index (χ4n) is 3.42. The van der Waals surface area contributed by atoms with Crippen LogP contribution in [0.25, 0.3) is 0 Å². The maximum atomic E-state index is 13.2. The van der Waals surface area contributed by atoms with E-state index in [1.54, 1.807) is 24.5 Å². The quantitative estimate of drug-likeness (QED) is 0.721. The molecule has 1 aliphatic rings. The summed E-state index contributed by atoms with van der Waals surface area (Å²) in [6.07, 6.45) is 2.66. The highest BCUT2D eigenvalue weighted by Gasteiger charge is 2.37. The maximum absolute atomic E-state index is 13.2. The van der Waals surface area contributed by atoms with Crippen LogP contribution in [0.15, 0.2) is 84.3 Å². The molecular weight excluding hydrogens is 369 g/mol. The van der Waals surface area contributed by atoms with Crippen LogP contribution in [-0.2, 0) is 9.63 Å². The fourth-order valence-corrected chi connectivity index (χ4v) is 3.42. The van der Waals surface area contributed by atoms with E-state index < -0.39 is 6.10 Å². The van der Waals surface area contributed by atoms with E-state index >= 15 is 0 Å². The third-order valence-corrected chi connectivity index (χ3v) is 4.99. The average Bonchev–Trinajstić information content (AvgIpc) is 3.15. The Morgan fingerprint density at radius 1 is 1.03 bits per heavy atom. The molecule has 0 aliphatic carbocycles. The number of rotatable bonds is 5. The molecule has 1 aromatic heterocycles. The smallest absolute Gasteiger partial charge is 0.265 e. The molecule has 2 heterocycles. The average molecular weight is 389 g/mol. The minimum Gasteiger partial charge on any atom is -0.381 e. The Labute approximate surface area is 168 Å². The van der Waals surface area contributed by atoms with Gasteiger partial charge in [-0.1, -0.05) is 60.6 Å². The van der Waals surface area contributed by atoms with Gasteiger partial charge in [0.25, 0.3) is 5.91 Å². The van der Waals surface area contributed by atoms with Crippen molar-refractivity contribution in [2.75, 3.05) is 0 Å². The Morgan fingerprint density at radius 3 is 2.45 bits per heavy atom. The van der Waals surface area contributed by atoms with Gasteiger partial charge in [-0.25, -0.2) is 4.39 Å². The van der Waals surface area contributed by atoms with Gasteiger partial charge in [0.05, 0.1) is 17.7 Å².